The summed E-state index contributed by atoms with van der Waals surface area (Å²) in [4.78, 5) is 0. The molecule has 2 aromatic carbocycles. The molecule has 2 rings (SSSR count). The molecule has 2 aromatic rings. The molecule has 0 aliphatic rings. The van der Waals surface area contributed by atoms with Crippen molar-refractivity contribution in [3.63, 3.8) is 0 Å². The number of rotatable bonds is 7. The summed E-state index contributed by atoms with van der Waals surface area (Å²) < 4.78 is 16.4. The van der Waals surface area contributed by atoms with Crippen molar-refractivity contribution in [1.82, 2.24) is 0 Å². The monoisotopic (exact) mass is 258 g/mol. The minimum Gasteiger partial charge on any atom is -0.491 e. The van der Waals surface area contributed by atoms with Gasteiger partial charge in [-0.2, -0.15) is 0 Å². The van der Waals surface area contributed by atoms with Crippen molar-refractivity contribution < 1.29 is 14.2 Å². The number of hydrogen-bond donors (Lipinski definition) is 0. The Labute approximate surface area is 113 Å². The van der Waals surface area contributed by atoms with Crippen molar-refractivity contribution in [1.29, 1.82) is 0 Å². The van der Waals surface area contributed by atoms with Gasteiger partial charge in [0.1, 0.15) is 23.9 Å². The Bertz CT molecular complexity index is 465. The van der Waals surface area contributed by atoms with Gasteiger partial charge >= 0.3 is 0 Å². The van der Waals surface area contributed by atoms with Crippen molar-refractivity contribution in [3.05, 3.63) is 54.6 Å². The molecule has 0 spiro atoms. The summed E-state index contributed by atoms with van der Waals surface area (Å²) in [6.45, 7) is 3.86. The van der Waals surface area contributed by atoms with E-state index in [1.807, 2.05) is 61.5 Å². The predicted molar refractivity (Wildman–Crippen MR) is 74.9 cm³/mol. The molecule has 3 heteroatoms. The molecule has 0 saturated heterocycles. The van der Waals surface area contributed by atoms with E-state index in [0.717, 1.165) is 17.2 Å². The van der Waals surface area contributed by atoms with Crippen LogP contribution < -0.4 is 9.47 Å². The van der Waals surface area contributed by atoms with Crippen molar-refractivity contribution in [2.75, 3.05) is 19.8 Å². The first-order valence-corrected chi connectivity index (χ1v) is 6.42. The SMILES string of the molecule is CCOCCOc1ccc(Oc2ccccc2)cc1. The first-order chi connectivity index (χ1) is 9.38. The number of benzene rings is 2. The van der Waals surface area contributed by atoms with Crippen LogP contribution >= 0.6 is 0 Å². The molecule has 0 aliphatic carbocycles. The van der Waals surface area contributed by atoms with Crippen molar-refractivity contribution >= 4 is 0 Å². The van der Waals surface area contributed by atoms with Gasteiger partial charge in [0.25, 0.3) is 0 Å². The van der Waals surface area contributed by atoms with E-state index in [2.05, 4.69) is 0 Å². The summed E-state index contributed by atoms with van der Waals surface area (Å²) in [6.07, 6.45) is 0. The Hall–Kier alpha value is -2.00. The fourth-order valence-electron chi connectivity index (χ4n) is 1.59. The van der Waals surface area contributed by atoms with E-state index in [9.17, 15) is 0 Å². The highest BCUT2D eigenvalue weighted by Crippen LogP contribution is 2.23. The molecule has 0 radical (unpaired) electrons. The van der Waals surface area contributed by atoms with Gasteiger partial charge in [-0.15, -0.1) is 0 Å². The number of ether oxygens (including phenoxy) is 3. The molecular weight excluding hydrogens is 240 g/mol. The third-order valence-corrected chi connectivity index (χ3v) is 2.50. The Morgan fingerprint density at radius 1 is 0.737 bits per heavy atom. The summed E-state index contributed by atoms with van der Waals surface area (Å²) in [5.74, 6) is 2.44. The zero-order valence-corrected chi connectivity index (χ0v) is 11.0. The van der Waals surface area contributed by atoms with Crippen LogP contribution in [-0.4, -0.2) is 19.8 Å². The second-order valence-corrected chi connectivity index (χ2v) is 3.93. The Morgan fingerprint density at radius 2 is 1.37 bits per heavy atom. The molecule has 0 unspecified atom stereocenters. The van der Waals surface area contributed by atoms with Crippen LogP contribution in [-0.2, 0) is 4.74 Å². The molecule has 0 N–H and O–H groups in total. The fraction of sp³-hybridized carbons (Fsp3) is 0.250. The third kappa shape index (κ3) is 4.64. The van der Waals surface area contributed by atoms with Gasteiger partial charge in [0.05, 0.1) is 6.61 Å². The smallest absolute Gasteiger partial charge is 0.127 e. The van der Waals surface area contributed by atoms with E-state index in [1.165, 1.54) is 0 Å². The molecule has 0 heterocycles. The van der Waals surface area contributed by atoms with E-state index >= 15 is 0 Å². The van der Waals surface area contributed by atoms with E-state index in [0.29, 0.717) is 19.8 Å². The summed E-state index contributed by atoms with van der Waals surface area (Å²) in [5, 5.41) is 0. The van der Waals surface area contributed by atoms with Crippen molar-refractivity contribution in [3.8, 4) is 17.2 Å². The molecule has 0 bridgehead atoms. The first kappa shape index (κ1) is 13.4. The van der Waals surface area contributed by atoms with Crippen LogP contribution in [0.15, 0.2) is 54.6 Å². The minimum absolute atomic E-state index is 0.562. The summed E-state index contributed by atoms with van der Waals surface area (Å²) in [5.41, 5.74) is 0. The second kappa shape index (κ2) is 7.44. The lowest BCUT2D eigenvalue weighted by molar-refractivity contribution is 0.110. The zero-order valence-electron chi connectivity index (χ0n) is 11.0. The highest BCUT2D eigenvalue weighted by Gasteiger charge is 1.98. The number of hydrogen-bond acceptors (Lipinski definition) is 3. The maximum Gasteiger partial charge on any atom is 0.127 e. The zero-order chi connectivity index (χ0) is 13.3. The highest BCUT2D eigenvalue weighted by atomic mass is 16.5. The lowest BCUT2D eigenvalue weighted by Gasteiger charge is -2.08. The van der Waals surface area contributed by atoms with Gasteiger partial charge in [0.15, 0.2) is 0 Å². The molecule has 0 atom stereocenters. The van der Waals surface area contributed by atoms with Crippen LogP contribution in [0.4, 0.5) is 0 Å². The number of para-hydroxylation sites is 1. The molecule has 3 nitrogen and oxygen atoms in total. The average Bonchev–Trinajstić information content (AvgIpc) is 2.46. The average molecular weight is 258 g/mol. The Kier molecular flexibility index (Phi) is 5.26. The quantitative estimate of drug-likeness (QED) is 0.705. The van der Waals surface area contributed by atoms with Gasteiger partial charge < -0.3 is 14.2 Å². The Balaban J connectivity index is 1.84. The molecule has 0 aliphatic heterocycles. The van der Waals surface area contributed by atoms with Gasteiger partial charge in [-0.1, -0.05) is 18.2 Å². The Morgan fingerprint density at radius 3 is 2.05 bits per heavy atom. The molecule has 100 valence electrons. The van der Waals surface area contributed by atoms with Crippen LogP contribution in [0, 0.1) is 0 Å². The molecule has 19 heavy (non-hydrogen) atoms. The molecule has 0 aromatic heterocycles. The predicted octanol–water partition coefficient (Wildman–Crippen LogP) is 3.89. The highest BCUT2D eigenvalue weighted by molar-refractivity contribution is 5.35. The van der Waals surface area contributed by atoms with E-state index < -0.39 is 0 Å². The van der Waals surface area contributed by atoms with Crippen LogP contribution in [0.2, 0.25) is 0 Å². The topological polar surface area (TPSA) is 27.7 Å². The maximum absolute atomic E-state index is 5.70. The maximum atomic E-state index is 5.70. The minimum atomic E-state index is 0.562. The van der Waals surface area contributed by atoms with Crippen LogP contribution in [0.3, 0.4) is 0 Å². The van der Waals surface area contributed by atoms with E-state index in [1.54, 1.807) is 0 Å². The normalized spacial score (nSPS) is 10.2. The van der Waals surface area contributed by atoms with Gasteiger partial charge in [-0.05, 0) is 43.3 Å². The van der Waals surface area contributed by atoms with Gasteiger partial charge in [-0.25, -0.2) is 0 Å². The fourth-order valence-corrected chi connectivity index (χ4v) is 1.59. The summed E-state index contributed by atoms with van der Waals surface area (Å²) in [6, 6.07) is 17.3. The summed E-state index contributed by atoms with van der Waals surface area (Å²) >= 11 is 0. The van der Waals surface area contributed by atoms with Crippen molar-refractivity contribution in [2.24, 2.45) is 0 Å². The van der Waals surface area contributed by atoms with E-state index in [4.69, 9.17) is 14.2 Å². The summed E-state index contributed by atoms with van der Waals surface area (Å²) in [7, 11) is 0. The standard InChI is InChI=1S/C16H18O3/c1-2-17-12-13-18-14-8-10-16(11-9-14)19-15-6-4-3-5-7-15/h3-11H,2,12-13H2,1H3. The van der Waals surface area contributed by atoms with Gasteiger partial charge in [0, 0.05) is 6.61 Å². The lowest BCUT2D eigenvalue weighted by atomic mass is 10.3. The molecular formula is C16H18O3. The molecule has 0 fully saturated rings. The van der Waals surface area contributed by atoms with Crippen LogP contribution in [0.5, 0.6) is 17.2 Å². The van der Waals surface area contributed by atoms with Gasteiger partial charge in [-0.3, -0.25) is 0 Å². The second-order valence-electron chi connectivity index (χ2n) is 3.93. The lowest BCUT2D eigenvalue weighted by Crippen LogP contribution is -2.06. The van der Waals surface area contributed by atoms with E-state index in [-0.39, 0.29) is 0 Å². The molecule has 0 amide bonds. The third-order valence-electron chi connectivity index (χ3n) is 2.50. The van der Waals surface area contributed by atoms with Gasteiger partial charge in [0.2, 0.25) is 0 Å². The van der Waals surface area contributed by atoms with Crippen LogP contribution in [0.25, 0.3) is 0 Å². The largest absolute Gasteiger partial charge is 0.491 e. The van der Waals surface area contributed by atoms with Crippen LogP contribution in [0.1, 0.15) is 6.92 Å². The first-order valence-electron chi connectivity index (χ1n) is 6.42. The van der Waals surface area contributed by atoms with Crippen molar-refractivity contribution in [2.45, 2.75) is 6.92 Å². The molecule has 0 saturated carbocycles.